The van der Waals surface area contributed by atoms with Gasteiger partial charge in [-0.25, -0.2) is 4.68 Å². The molecule has 0 bridgehead atoms. The second kappa shape index (κ2) is 4.09. The van der Waals surface area contributed by atoms with Gasteiger partial charge in [-0.1, -0.05) is 6.42 Å². The smallest absolute Gasteiger partial charge is 0.121 e. The van der Waals surface area contributed by atoms with Crippen molar-refractivity contribution in [3.8, 4) is 0 Å². The van der Waals surface area contributed by atoms with Gasteiger partial charge in [-0.15, -0.1) is 0 Å². The minimum absolute atomic E-state index is 0.558. The van der Waals surface area contributed by atoms with Gasteiger partial charge in [-0.2, -0.15) is 5.10 Å². The van der Waals surface area contributed by atoms with Crippen molar-refractivity contribution < 1.29 is 0 Å². The zero-order valence-corrected chi connectivity index (χ0v) is 9.65. The lowest BCUT2D eigenvalue weighted by Crippen LogP contribution is -2.37. The Bertz CT molecular complexity index is 361. The molecule has 0 amide bonds. The first-order chi connectivity index (χ1) is 7.83. The Hall–Kier alpha value is -1.03. The molecule has 1 saturated carbocycles. The van der Waals surface area contributed by atoms with E-state index < -0.39 is 0 Å². The van der Waals surface area contributed by atoms with Crippen LogP contribution in [0.4, 0.5) is 5.82 Å². The molecule has 2 aliphatic rings. The average molecular weight is 220 g/mol. The fraction of sp³-hybridized carbons (Fsp3) is 0.750. The van der Waals surface area contributed by atoms with Crippen LogP contribution in [0.25, 0.3) is 0 Å². The summed E-state index contributed by atoms with van der Waals surface area (Å²) in [5.41, 5.74) is 7.20. The maximum Gasteiger partial charge on any atom is 0.121 e. The summed E-state index contributed by atoms with van der Waals surface area (Å²) in [5.74, 6) is 1.53. The highest BCUT2D eigenvalue weighted by molar-refractivity contribution is 5.33. The maximum atomic E-state index is 6.00. The molecule has 4 nitrogen and oxygen atoms in total. The molecule has 1 aromatic rings. The van der Waals surface area contributed by atoms with Crippen LogP contribution in [0.1, 0.15) is 43.7 Å². The van der Waals surface area contributed by atoms with E-state index in [4.69, 9.17) is 5.73 Å². The fourth-order valence-electron chi connectivity index (χ4n) is 2.47. The van der Waals surface area contributed by atoms with E-state index in [2.05, 4.69) is 16.5 Å². The molecule has 1 atom stereocenters. The minimum atomic E-state index is 0.558. The lowest BCUT2D eigenvalue weighted by molar-refractivity contribution is 0.352. The molecule has 1 aliphatic carbocycles. The molecule has 2 heterocycles. The maximum absolute atomic E-state index is 6.00. The van der Waals surface area contributed by atoms with Crippen molar-refractivity contribution in [1.29, 1.82) is 0 Å². The van der Waals surface area contributed by atoms with E-state index in [0.29, 0.717) is 12.0 Å². The van der Waals surface area contributed by atoms with Crippen molar-refractivity contribution in [2.75, 3.05) is 12.3 Å². The number of hydrogen-bond acceptors (Lipinski definition) is 3. The van der Waals surface area contributed by atoms with E-state index in [1.165, 1.54) is 37.8 Å². The van der Waals surface area contributed by atoms with Gasteiger partial charge in [0.05, 0.1) is 12.2 Å². The second-order valence-electron chi connectivity index (χ2n) is 5.10. The molecule has 0 unspecified atom stereocenters. The third kappa shape index (κ3) is 2.07. The van der Waals surface area contributed by atoms with Crippen molar-refractivity contribution in [2.24, 2.45) is 0 Å². The molecule has 4 heteroatoms. The number of nitrogens with one attached hydrogen (secondary N) is 1. The van der Waals surface area contributed by atoms with Crippen LogP contribution in [0.5, 0.6) is 0 Å². The van der Waals surface area contributed by atoms with E-state index in [1.807, 2.05) is 4.68 Å². The zero-order valence-electron chi connectivity index (χ0n) is 9.65. The second-order valence-corrected chi connectivity index (χ2v) is 5.10. The van der Waals surface area contributed by atoms with E-state index >= 15 is 0 Å². The van der Waals surface area contributed by atoms with Crippen LogP contribution in [-0.4, -0.2) is 22.4 Å². The molecular formula is C12H20N4. The summed E-state index contributed by atoms with van der Waals surface area (Å²) in [5, 5.41) is 8.15. The Morgan fingerprint density at radius 3 is 2.94 bits per heavy atom. The van der Waals surface area contributed by atoms with Gasteiger partial charge in [-0.05, 0) is 32.2 Å². The number of anilines is 1. The van der Waals surface area contributed by atoms with Gasteiger partial charge in [-0.3, -0.25) is 0 Å². The highest BCUT2D eigenvalue weighted by Crippen LogP contribution is 2.39. The van der Waals surface area contributed by atoms with E-state index in [-0.39, 0.29) is 0 Å². The molecule has 16 heavy (non-hydrogen) atoms. The molecule has 1 aromatic heterocycles. The lowest BCUT2D eigenvalue weighted by atomic mass is 10.1. The Labute approximate surface area is 96.2 Å². The number of nitrogens with zero attached hydrogens (tertiary/aromatic N) is 2. The van der Waals surface area contributed by atoms with Gasteiger partial charge < -0.3 is 11.1 Å². The van der Waals surface area contributed by atoms with Crippen LogP contribution in [0.3, 0.4) is 0 Å². The predicted octanol–water partition coefficient (Wildman–Crippen LogP) is 1.48. The molecule has 3 N–H and O–H groups in total. The van der Waals surface area contributed by atoms with E-state index in [0.717, 1.165) is 18.9 Å². The highest BCUT2D eigenvalue weighted by atomic mass is 15.3. The minimum Gasteiger partial charge on any atom is -0.384 e. The van der Waals surface area contributed by atoms with Crippen molar-refractivity contribution in [2.45, 2.75) is 50.6 Å². The first kappa shape index (κ1) is 10.1. The van der Waals surface area contributed by atoms with Gasteiger partial charge in [0.15, 0.2) is 0 Å². The SMILES string of the molecule is Nc1cc(C2CC2)nn1C[C@@H]1CCCCN1. The lowest BCUT2D eigenvalue weighted by Gasteiger charge is -2.23. The third-order valence-electron chi connectivity index (χ3n) is 3.63. The third-order valence-corrected chi connectivity index (χ3v) is 3.63. The summed E-state index contributed by atoms with van der Waals surface area (Å²) >= 11 is 0. The van der Waals surface area contributed by atoms with Gasteiger partial charge in [0, 0.05) is 18.0 Å². The molecule has 0 spiro atoms. The van der Waals surface area contributed by atoms with Crippen LogP contribution >= 0.6 is 0 Å². The first-order valence-electron chi connectivity index (χ1n) is 6.39. The van der Waals surface area contributed by atoms with Crippen LogP contribution in [0, 0.1) is 0 Å². The molecular weight excluding hydrogens is 200 g/mol. The summed E-state index contributed by atoms with van der Waals surface area (Å²) in [6, 6.07) is 2.61. The van der Waals surface area contributed by atoms with E-state index in [9.17, 15) is 0 Å². The van der Waals surface area contributed by atoms with Gasteiger partial charge in [0.25, 0.3) is 0 Å². The van der Waals surface area contributed by atoms with Gasteiger partial charge >= 0.3 is 0 Å². The monoisotopic (exact) mass is 220 g/mol. The highest BCUT2D eigenvalue weighted by Gasteiger charge is 2.27. The summed E-state index contributed by atoms with van der Waals surface area (Å²) in [6.45, 7) is 2.07. The summed E-state index contributed by atoms with van der Waals surface area (Å²) in [7, 11) is 0. The van der Waals surface area contributed by atoms with Crippen LogP contribution < -0.4 is 11.1 Å². The van der Waals surface area contributed by atoms with Crippen LogP contribution in [-0.2, 0) is 6.54 Å². The molecule has 1 saturated heterocycles. The molecule has 0 aromatic carbocycles. The number of aromatic nitrogens is 2. The number of hydrogen-bond donors (Lipinski definition) is 2. The predicted molar refractivity (Wildman–Crippen MR) is 64.3 cm³/mol. The van der Waals surface area contributed by atoms with Crippen molar-refractivity contribution in [3.05, 3.63) is 11.8 Å². The summed E-state index contributed by atoms with van der Waals surface area (Å²) < 4.78 is 1.98. The standard InChI is InChI=1S/C12H20N4/c13-12-7-11(9-4-5-9)15-16(12)8-10-3-1-2-6-14-10/h7,9-10,14H,1-6,8,13H2/t10-/m0/s1. The normalized spacial score (nSPS) is 25.9. The first-order valence-corrected chi connectivity index (χ1v) is 6.39. The number of nitrogens with two attached hydrogens (primary N) is 1. The topological polar surface area (TPSA) is 55.9 Å². The zero-order chi connectivity index (χ0) is 11.0. The summed E-state index contributed by atoms with van der Waals surface area (Å²) in [4.78, 5) is 0. The Morgan fingerprint density at radius 2 is 2.25 bits per heavy atom. The largest absolute Gasteiger partial charge is 0.384 e. The Kier molecular flexibility index (Phi) is 2.59. The summed E-state index contributed by atoms with van der Waals surface area (Å²) in [6.07, 6.45) is 6.46. The molecule has 88 valence electrons. The van der Waals surface area contributed by atoms with Crippen molar-refractivity contribution in [3.63, 3.8) is 0 Å². The Balaban J connectivity index is 1.68. The fourth-order valence-corrected chi connectivity index (χ4v) is 2.47. The number of piperidine rings is 1. The average Bonchev–Trinajstić information content (AvgIpc) is 3.07. The number of rotatable bonds is 3. The van der Waals surface area contributed by atoms with Crippen molar-refractivity contribution >= 4 is 5.82 Å². The van der Waals surface area contributed by atoms with Crippen LogP contribution in [0.2, 0.25) is 0 Å². The Morgan fingerprint density at radius 1 is 1.38 bits per heavy atom. The van der Waals surface area contributed by atoms with Crippen LogP contribution in [0.15, 0.2) is 6.07 Å². The van der Waals surface area contributed by atoms with Gasteiger partial charge in [0.1, 0.15) is 5.82 Å². The van der Waals surface area contributed by atoms with E-state index in [1.54, 1.807) is 0 Å². The molecule has 1 aliphatic heterocycles. The quantitative estimate of drug-likeness (QED) is 0.811. The molecule has 0 radical (unpaired) electrons. The molecule has 3 rings (SSSR count). The number of nitrogen functional groups attached to an aromatic ring is 1. The van der Waals surface area contributed by atoms with Crippen molar-refractivity contribution in [1.82, 2.24) is 15.1 Å². The van der Waals surface area contributed by atoms with Gasteiger partial charge in [0.2, 0.25) is 0 Å². The molecule has 2 fully saturated rings.